The second-order valence-electron chi connectivity index (χ2n) is 3.24. The van der Waals surface area contributed by atoms with E-state index in [0.29, 0.717) is 10.5 Å². The van der Waals surface area contributed by atoms with Crippen molar-refractivity contribution in [1.29, 1.82) is 0 Å². The molecule has 0 amide bonds. The number of ether oxygens (including phenoxy) is 1. The summed E-state index contributed by atoms with van der Waals surface area (Å²) in [6, 6.07) is 6.51. The molecule has 0 saturated carbocycles. The lowest BCUT2D eigenvalue weighted by molar-refractivity contribution is 0.0599. The first kappa shape index (κ1) is 10.7. The summed E-state index contributed by atoms with van der Waals surface area (Å²) in [5.41, 5.74) is 0.0871. The maximum absolute atomic E-state index is 11.5. The van der Waals surface area contributed by atoms with Crippen molar-refractivity contribution >= 4 is 28.5 Å². The molecule has 1 aromatic heterocycles. The van der Waals surface area contributed by atoms with Crippen LogP contribution in [0.2, 0.25) is 5.02 Å². The SMILES string of the molecule is COC(=O)c1cc2ccc(Cl)cc2[nH]c1=O. The second-order valence-corrected chi connectivity index (χ2v) is 3.67. The average Bonchev–Trinajstić information content (AvgIpc) is 2.27. The van der Waals surface area contributed by atoms with Crippen LogP contribution in [0, 0.1) is 0 Å². The Morgan fingerprint density at radius 2 is 2.12 bits per heavy atom. The van der Waals surface area contributed by atoms with Crippen LogP contribution < -0.4 is 5.56 Å². The van der Waals surface area contributed by atoms with Crippen molar-refractivity contribution in [2.45, 2.75) is 0 Å². The zero-order valence-corrected chi connectivity index (χ0v) is 9.17. The lowest BCUT2D eigenvalue weighted by Gasteiger charge is -2.01. The predicted octanol–water partition coefficient (Wildman–Crippen LogP) is 1.97. The molecule has 5 heteroatoms. The Hall–Kier alpha value is -1.81. The number of methoxy groups -OCH3 is 1. The van der Waals surface area contributed by atoms with Gasteiger partial charge in [0.25, 0.3) is 5.56 Å². The number of halogens is 1. The van der Waals surface area contributed by atoms with Gasteiger partial charge in [-0.3, -0.25) is 4.79 Å². The van der Waals surface area contributed by atoms with Gasteiger partial charge in [0, 0.05) is 10.5 Å². The molecule has 0 fully saturated rings. The number of hydrogen-bond donors (Lipinski definition) is 1. The van der Waals surface area contributed by atoms with E-state index in [-0.39, 0.29) is 5.56 Å². The highest BCUT2D eigenvalue weighted by Gasteiger charge is 2.11. The molecule has 0 radical (unpaired) electrons. The van der Waals surface area contributed by atoms with Crippen molar-refractivity contribution in [3.63, 3.8) is 0 Å². The van der Waals surface area contributed by atoms with Gasteiger partial charge in [-0.25, -0.2) is 4.79 Å². The topological polar surface area (TPSA) is 59.2 Å². The first-order valence-corrected chi connectivity index (χ1v) is 4.90. The maximum Gasteiger partial charge on any atom is 0.343 e. The molecule has 1 N–H and O–H groups in total. The van der Waals surface area contributed by atoms with E-state index in [4.69, 9.17) is 11.6 Å². The molecule has 1 heterocycles. The zero-order valence-electron chi connectivity index (χ0n) is 8.41. The third-order valence-electron chi connectivity index (χ3n) is 2.21. The van der Waals surface area contributed by atoms with Gasteiger partial charge >= 0.3 is 5.97 Å². The van der Waals surface area contributed by atoms with Crippen LogP contribution in [-0.2, 0) is 4.74 Å². The number of hydrogen-bond acceptors (Lipinski definition) is 3. The molecular formula is C11H8ClNO3. The van der Waals surface area contributed by atoms with Crippen molar-refractivity contribution in [2.24, 2.45) is 0 Å². The van der Waals surface area contributed by atoms with Crippen LogP contribution in [0.3, 0.4) is 0 Å². The Morgan fingerprint density at radius 3 is 2.81 bits per heavy atom. The molecule has 0 atom stereocenters. The Balaban J connectivity index is 2.72. The van der Waals surface area contributed by atoms with E-state index in [2.05, 4.69) is 9.72 Å². The number of nitrogens with one attached hydrogen (secondary N) is 1. The first-order chi connectivity index (χ1) is 7.61. The lowest BCUT2D eigenvalue weighted by Crippen LogP contribution is -2.18. The van der Waals surface area contributed by atoms with E-state index >= 15 is 0 Å². The molecule has 0 spiro atoms. The van der Waals surface area contributed by atoms with Gasteiger partial charge in [0.05, 0.1) is 7.11 Å². The number of esters is 1. The average molecular weight is 238 g/mol. The molecule has 4 nitrogen and oxygen atoms in total. The minimum absolute atomic E-state index is 0.0164. The number of aromatic amines is 1. The standard InChI is InChI=1S/C11H8ClNO3/c1-16-11(15)8-4-6-2-3-7(12)5-9(6)13-10(8)14/h2-5H,1H3,(H,13,14). The van der Waals surface area contributed by atoms with E-state index in [0.717, 1.165) is 5.39 Å². The first-order valence-electron chi connectivity index (χ1n) is 4.52. The summed E-state index contributed by atoms with van der Waals surface area (Å²) in [5, 5.41) is 1.25. The van der Waals surface area contributed by atoms with Gasteiger partial charge < -0.3 is 9.72 Å². The van der Waals surface area contributed by atoms with Crippen molar-refractivity contribution < 1.29 is 9.53 Å². The van der Waals surface area contributed by atoms with E-state index in [9.17, 15) is 9.59 Å². The molecule has 2 aromatic rings. The fourth-order valence-electron chi connectivity index (χ4n) is 1.43. The molecule has 16 heavy (non-hydrogen) atoms. The van der Waals surface area contributed by atoms with Gasteiger partial charge in [-0.05, 0) is 23.6 Å². The van der Waals surface area contributed by atoms with Crippen molar-refractivity contribution in [2.75, 3.05) is 7.11 Å². The smallest absolute Gasteiger partial charge is 0.343 e. The molecule has 0 aliphatic carbocycles. The molecule has 0 bridgehead atoms. The van der Waals surface area contributed by atoms with Gasteiger partial charge in [-0.15, -0.1) is 0 Å². The van der Waals surface area contributed by atoms with Crippen LogP contribution in [0.25, 0.3) is 10.9 Å². The van der Waals surface area contributed by atoms with Crippen molar-refractivity contribution in [3.8, 4) is 0 Å². The van der Waals surface area contributed by atoms with Gasteiger partial charge in [0.2, 0.25) is 0 Å². The van der Waals surface area contributed by atoms with Gasteiger partial charge in [-0.1, -0.05) is 17.7 Å². The lowest BCUT2D eigenvalue weighted by atomic mass is 10.1. The monoisotopic (exact) mass is 237 g/mol. The number of H-pyrrole nitrogens is 1. The highest BCUT2D eigenvalue weighted by atomic mass is 35.5. The molecule has 0 aliphatic rings. The van der Waals surface area contributed by atoms with E-state index in [1.807, 2.05) is 0 Å². The van der Waals surface area contributed by atoms with E-state index in [1.165, 1.54) is 13.2 Å². The number of fused-ring (bicyclic) bond motifs is 1. The summed E-state index contributed by atoms with van der Waals surface area (Å²) in [7, 11) is 1.23. The van der Waals surface area contributed by atoms with Gasteiger partial charge in [0.1, 0.15) is 5.56 Å². The summed E-state index contributed by atoms with van der Waals surface area (Å²) >= 11 is 5.79. The summed E-state index contributed by atoms with van der Waals surface area (Å²) in [4.78, 5) is 25.4. The molecule has 0 saturated heterocycles. The van der Waals surface area contributed by atoms with Crippen molar-refractivity contribution in [1.82, 2.24) is 4.98 Å². The van der Waals surface area contributed by atoms with E-state index in [1.54, 1.807) is 18.2 Å². The fourth-order valence-corrected chi connectivity index (χ4v) is 1.61. The third kappa shape index (κ3) is 1.79. The third-order valence-corrected chi connectivity index (χ3v) is 2.45. The predicted molar refractivity (Wildman–Crippen MR) is 60.9 cm³/mol. The van der Waals surface area contributed by atoms with E-state index < -0.39 is 11.5 Å². The van der Waals surface area contributed by atoms with Crippen LogP contribution in [0.1, 0.15) is 10.4 Å². The number of rotatable bonds is 1. The number of benzene rings is 1. The zero-order chi connectivity index (χ0) is 11.7. The minimum Gasteiger partial charge on any atom is -0.465 e. The highest BCUT2D eigenvalue weighted by molar-refractivity contribution is 6.31. The van der Waals surface area contributed by atoms with Gasteiger partial charge in [-0.2, -0.15) is 0 Å². The summed E-state index contributed by atoms with van der Waals surface area (Å²) < 4.78 is 4.50. The number of carbonyl (C=O) groups excluding carboxylic acids is 1. The second kappa shape index (κ2) is 3.98. The molecule has 1 aromatic carbocycles. The normalized spacial score (nSPS) is 10.4. The Labute approximate surface area is 95.8 Å². The quantitative estimate of drug-likeness (QED) is 0.772. The summed E-state index contributed by atoms with van der Waals surface area (Å²) in [6.45, 7) is 0. The van der Waals surface area contributed by atoms with Crippen LogP contribution in [0.15, 0.2) is 29.1 Å². The van der Waals surface area contributed by atoms with Crippen molar-refractivity contribution in [3.05, 3.63) is 45.2 Å². The number of carbonyl (C=O) groups is 1. The summed E-state index contributed by atoms with van der Waals surface area (Å²) in [6.07, 6.45) is 0. The Bertz CT molecular complexity index is 618. The largest absolute Gasteiger partial charge is 0.465 e. The molecule has 0 aliphatic heterocycles. The Morgan fingerprint density at radius 1 is 1.38 bits per heavy atom. The van der Waals surface area contributed by atoms with Crippen LogP contribution in [0.5, 0.6) is 0 Å². The van der Waals surface area contributed by atoms with Gasteiger partial charge in [0.15, 0.2) is 0 Å². The molecule has 2 rings (SSSR count). The minimum atomic E-state index is -0.655. The summed E-state index contributed by atoms with van der Waals surface area (Å²) in [5.74, 6) is -0.655. The molecular weight excluding hydrogens is 230 g/mol. The number of pyridine rings is 1. The number of aromatic nitrogens is 1. The molecule has 82 valence electrons. The highest BCUT2D eigenvalue weighted by Crippen LogP contribution is 2.16. The van der Waals surface area contributed by atoms with Crippen LogP contribution >= 0.6 is 11.6 Å². The Kier molecular flexibility index (Phi) is 2.66. The van der Waals surface area contributed by atoms with Crippen LogP contribution in [-0.4, -0.2) is 18.1 Å². The fraction of sp³-hybridized carbons (Fsp3) is 0.0909. The maximum atomic E-state index is 11.5. The molecule has 0 unspecified atom stereocenters. The van der Waals surface area contributed by atoms with Crippen LogP contribution in [0.4, 0.5) is 0 Å².